The molecule has 1 aromatic carbocycles. The molecule has 2 heterocycles. The van der Waals surface area contributed by atoms with Crippen LogP contribution >= 0.6 is 0 Å². The molecule has 7 heteroatoms. The molecule has 1 aliphatic heterocycles. The van der Waals surface area contributed by atoms with Crippen molar-refractivity contribution in [2.45, 2.75) is 32.7 Å². The minimum atomic E-state index is -0.746. The molecule has 1 unspecified atom stereocenters. The van der Waals surface area contributed by atoms with Crippen LogP contribution in [0.3, 0.4) is 0 Å². The highest BCUT2D eigenvalue weighted by atomic mass is 19.1. The van der Waals surface area contributed by atoms with E-state index in [9.17, 15) is 13.6 Å². The number of nitrogens with zero attached hydrogens (tertiary/aromatic N) is 4. The summed E-state index contributed by atoms with van der Waals surface area (Å²) in [5.74, 6) is -0.353. The molecular weight excluding hydrogens is 302 g/mol. The molecule has 5 nitrogen and oxygen atoms in total. The number of benzene rings is 1. The summed E-state index contributed by atoms with van der Waals surface area (Å²) in [7, 11) is 0. The Morgan fingerprint density at radius 2 is 1.91 bits per heavy atom. The van der Waals surface area contributed by atoms with Gasteiger partial charge in [0.1, 0.15) is 23.3 Å². The van der Waals surface area contributed by atoms with E-state index >= 15 is 0 Å². The van der Waals surface area contributed by atoms with Gasteiger partial charge in [0.05, 0.1) is 6.04 Å². The number of amides is 1. The van der Waals surface area contributed by atoms with Crippen molar-refractivity contribution in [1.29, 1.82) is 0 Å². The Bertz CT molecular complexity index is 723. The highest BCUT2D eigenvalue weighted by Gasteiger charge is 2.27. The Labute approximate surface area is 132 Å². The number of aromatic nitrogens is 3. The van der Waals surface area contributed by atoms with Crippen molar-refractivity contribution in [1.82, 2.24) is 19.7 Å². The molecule has 0 aliphatic carbocycles. The number of rotatable bonds is 2. The predicted molar refractivity (Wildman–Crippen MR) is 80.0 cm³/mol. The second-order valence-electron chi connectivity index (χ2n) is 5.86. The van der Waals surface area contributed by atoms with Gasteiger partial charge >= 0.3 is 0 Å². The third kappa shape index (κ3) is 3.23. The van der Waals surface area contributed by atoms with Crippen LogP contribution in [-0.4, -0.2) is 38.7 Å². The fourth-order valence-electron chi connectivity index (χ4n) is 3.08. The monoisotopic (exact) mass is 320 g/mol. The first-order valence-corrected chi connectivity index (χ1v) is 7.59. The van der Waals surface area contributed by atoms with Crippen molar-refractivity contribution in [3.8, 4) is 0 Å². The molecule has 1 fully saturated rings. The quantitative estimate of drug-likeness (QED) is 0.855. The summed E-state index contributed by atoms with van der Waals surface area (Å²) in [6.45, 7) is 4.73. The second-order valence-corrected chi connectivity index (χ2v) is 5.86. The maximum atomic E-state index is 13.3. The van der Waals surface area contributed by atoms with Crippen LogP contribution in [0.2, 0.25) is 0 Å². The molecule has 2 aromatic rings. The standard InChI is InChI=1S/C16H18F2N4O/c1-10-19-11(2)22(20-10)15-4-3-5-21(9-15)16(23)12-6-13(17)8-14(18)7-12/h6-8,15H,3-5,9H2,1-2H3. The normalized spacial score (nSPS) is 18.3. The molecule has 3 rings (SSSR count). The van der Waals surface area contributed by atoms with E-state index in [4.69, 9.17) is 0 Å². The lowest BCUT2D eigenvalue weighted by atomic mass is 10.0. The first-order chi connectivity index (χ1) is 10.9. The number of carbonyl (C=O) groups is 1. The average Bonchev–Trinajstić information content (AvgIpc) is 2.84. The largest absolute Gasteiger partial charge is 0.336 e. The Morgan fingerprint density at radius 3 is 2.52 bits per heavy atom. The third-order valence-corrected chi connectivity index (χ3v) is 4.05. The molecule has 23 heavy (non-hydrogen) atoms. The van der Waals surface area contributed by atoms with Crippen LogP contribution in [0, 0.1) is 25.5 Å². The maximum absolute atomic E-state index is 13.3. The Hall–Kier alpha value is -2.31. The van der Waals surface area contributed by atoms with Crippen LogP contribution in [0.25, 0.3) is 0 Å². The lowest BCUT2D eigenvalue weighted by Gasteiger charge is -2.33. The van der Waals surface area contributed by atoms with Crippen LogP contribution in [0.1, 0.15) is 40.9 Å². The average molecular weight is 320 g/mol. The lowest BCUT2D eigenvalue weighted by Crippen LogP contribution is -2.41. The maximum Gasteiger partial charge on any atom is 0.254 e. The van der Waals surface area contributed by atoms with Gasteiger partial charge in [-0.3, -0.25) is 4.79 Å². The molecular formula is C16H18F2N4O. The molecule has 0 spiro atoms. The number of aryl methyl sites for hydroxylation is 2. The molecule has 1 atom stereocenters. The minimum absolute atomic E-state index is 0.0345. The van der Waals surface area contributed by atoms with Gasteiger partial charge in [0, 0.05) is 24.7 Å². The summed E-state index contributed by atoms with van der Waals surface area (Å²) in [6, 6.07) is 2.93. The van der Waals surface area contributed by atoms with Gasteiger partial charge in [-0.1, -0.05) is 0 Å². The van der Waals surface area contributed by atoms with Crippen LogP contribution in [0.5, 0.6) is 0 Å². The number of hydrogen-bond acceptors (Lipinski definition) is 3. The lowest BCUT2D eigenvalue weighted by molar-refractivity contribution is 0.0670. The van der Waals surface area contributed by atoms with Gasteiger partial charge in [0.25, 0.3) is 5.91 Å². The van der Waals surface area contributed by atoms with Crippen LogP contribution in [0.4, 0.5) is 8.78 Å². The minimum Gasteiger partial charge on any atom is -0.336 e. The first kappa shape index (κ1) is 15.6. The summed E-state index contributed by atoms with van der Waals surface area (Å²) in [4.78, 5) is 18.4. The highest BCUT2D eigenvalue weighted by Crippen LogP contribution is 2.23. The van der Waals surface area contributed by atoms with Crippen molar-refractivity contribution in [3.63, 3.8) is 0 Å². The van der Waals surface area contributed by atoms with Crippen molar-refractivity contribution in [2.24, 2.45) is 0 Å². The van der Waals surface area contributed by atoms with E-state index in [2.05, 4.69) is 10.1 Å². The van der Waals surface area contributed by atoms with Crippen molar-refractivity contribution >= 4 is 5.91 Å². The third-order valence-electron chi connectivity index (χ3n) is 4.05. The summed E-state index contributed by atoms with van der Waals surface area (Å²) in [5, 5.41) is 4.38. The molecule has 0 bridgehead atoms. The number of likely N-dealkylation sites (tertiary alicyclic amines) is 1. The summed E-state index contributed by atoms with van der Waals surface area (Å²) in [5.41, 5.74) is 0.0367. The van der Waals surface area contributed by atoms with Gasteiger partial charge in [-0.25, -0.2) is 18.4 Å². The van der Waals surface area contributed by atoms with Gasteiger partial charge in [0.2, 0.25) is 0 Å². The molecule has 1 amide bonds. The summed E-state index contributed by atoms with van der Waals surface area (Å²) >= 11 is 0. The van der Waals surface area contributed by atoms with E-state index in [0.717, 1.165) is 36.9 Å². The first-order valence-electron chi connectivity index (χ1n) is 7.59. The molecule has 0 radical (unpaired) electrons. The highest BCUT2D eigenvalue weighted by molar-refractivity contribution is 5.94. The van der Waals surface area contributed by atoms with Crippen LogP contribution < -0.4 is 0 Å². The van der Waals surface area contributed by atoms with Crippen molar-refractivity contribution in [3.05, 3.63) is 47.0 Å². The molecule has 122 valence electrons. The van der Waals surface area contributed by atoms with E-state index in [-0.39, 0.29) is 17.5 Å². The topological polar surface area (TPSA) is 51.0 Å². The van der Waals surface area contributed by atoms with Gasteiger partial charge in [0.15, 0.2) is 0 Å². The smallest absolute Gasteiger partial charge is 0.254 e. The Morgan fingerprint density at radius 1 is 1.22 bits per heavy atom. The zero-order valence-electron chi connectivity index (χ0n) is 13.1. The molecule has 0 saturated carbocycles. The predicted octanol–water partition coefficient (Wildman–Crippen LogP) is 2.65. The van der Waals surface area contributed by atoms with E-state index in [1.807, 2.05) is 18.5 Å². The number of halogens is 2. The van der Waals surface area contributed by atoms with E-state index in [1.165, 1.54) is 0 Å². The Balaban J connectivity index is 1.80. The second kappa shape index (κ2) is 6.06. The van der Waals surface area contributed by atoms with Crippen LogP contribution in [0.15, 0.2) is 18.2 Å². The molecule has 0 N–H and O–H groups in total. The number of carbonyl (C=O) groups excluding carboxylic acids is 1. The van der Waals surface area contributed by atoms with E-state index in [0.29, 0.717) is 18.9 Å². The zero-order valence-corrected chi connectivity index (χ0v) is 13.1. The zero-order chi connectivity index (χ0) is 16.6. The number of piperidine rings is 1. The van der Waals surface area contributed by atoms with E-state index < -0.39 is 11.6 Å². The SMILES string of the molecule is Cc1nc(C)n(C2CCCN(C(=O)c3cc(F)cc(F)c3)C2)n1. The van der Waals surface area contributed by atoms with Crippen LogP contribution in [-0.2, 0) is 0 Å². The molecule has 1 aromatic heterocycles. The fraction of sp³-hybridized carbons (Fsp3) is 0.438. The van der Waals surface area contributed by atoms with Crippen molar-refractivity contribution < 1.29 is 13.6 Å². The molecule has 1 aliphatic rings. The Kier molecular flexibility index (Phi) is 4.11. The van der Waals surface area contributed by atoms with Gasteiger partial charge in [-0.15, -0.1) is 0 Å². The summed E-state index contributed by atoms with van der Waals surface area (Å²) < 4.78 is 28.5. The van der Waals surface area contributed by atoms with Crippen molar-refractivity contribution in [2.75, 3.05) is 13.1 Å². The summed E-state index contributed by atoms with van der Waals surface area (Å²) in [6.07, 6.45) is 1.71. The fourth-order valence-corrected chi connectivity index (χ4v) is 3.08. The van der Waals surface area contributed by atoms with E-state index in [1.54, 1.807) is 4.90 Å². The van der Waals surface area contributed by atoms with Gasteiger partial charge in [-0.2, -0.15) is 5.10 Å². The molecule has 1 saturated heterocycles. The number of hydrogen-bond donors (Lipinski definition) is 0. The van der Waals surface area contributed by atoms with Gasteiger partial charge in [-0.05, 0) is 38.8 Å². The van der Waals surface area contributed by atoms with Gasteiger partial charge < -0.3 is 4.90 Å².